The average molecular weight is 385 g/mol. The molecule has 0 aliphatic carbocycles. The molecule has 2 amide bonds. The van der Waals surface area contributed by atoms with Crippen LogP contribution in [0.5, 0.6) is 0 Å². The van der Waals surface area contributed by atoms with Crippen LogP contribution in [0.2, 0.25) is 5.02 Å². The standard InChI is InChI=1S/C18H16ClF3N2O2/c1-12(25)24(16-8-4-14(5-9-16)18(20,21)22)11-17(26)23-10-13-2-6-15(19)7-3-13/h2-9H,10-11H2,1H3,(H,23,26). The van der Waals surface area contributed by atoms with Gasteiger partial charge in [0.15, 0.2) is 0 Å². The summed E-state index contributed by atoms with van der Waals surface area (Å²) in [5, 5.41) is 3.23. The first-order chi connectivity index (χ1) is 12.2. The molecule has 138 valence electrons. The smallest absolute Gasteiger partial charge is 0.350 e. The van der Waals surface area contributed by atoms with Gasteiger partial charge in [0.1, 0.15) is 6.54 Å². The Bertz CT molecular complexity index is 775. The Morgan fingerprint density at radius 3 is 2.12 bits per heavy atom. The molecule has 4 nitrogen and oxygen atoms in total. The van der Waals surface area contributed by atoms with Crippen molar-refractivity contribution in [1.82, 2.24) is 5.32 Å². The fourth-order valence-corrected chi connectivity index (χ4v) is 2.34. The maximum atomic E-state index is 12.6. The Morgan fingerprint density at radius 2 is 1.62 bits per heavy atom. The predicted octanol–water partition coefficient (Wildman–Crippen LogP) is 4.03. The lowest BCUT2D eigenvalue weighted by atomic mass is 10.2. The van der Waals surface area contributed by atoms with Crippen molar-refractivity contribution in [1.29, 1.82) is 0 Å². The highest BCUT2D eigenvalue weighted by Crippen LogP contribution is 2.30. The molecule has 0 aliphatic rings. The van der Waals surface area contributed by atoms with Crippen LogP contribution in [0.25, 0.3) is 0 Å². The van der Waals surface area contributed by atoms with Crippen molar-refractivity contribution in [2.24, 2.45) is 0 Å². The lowest BCUT2D eigenvalue weighted by Crippen LogP contribution is -2.39. The van der Waals surface area contributed by atoms with E-state index in [1.165, 1.54) is 6.92 Å². The van der Waals surface area contributed by atoms with Crippen LogP contribution in [0.3, 0.4) is 0 Å². The molecular weight excluding hydrogens is 369 g/mol. The fourth-order valence-electron chi connectivity index (χ4n) is 2.22. The summed E-state index contributed by atoms with van der Waals surface area (Å²) in [6.07, 6.45) is -4.46. The van der Waals surface area contributed by atoms with Crippen molar-refractivity contribution in [3.63, 3.8) is 0 Å². The molecule has 0 heterocycles. The molecule has 0 spiro atoms. The van der Waals surface area contributed by atoms with Gasteiger partial charge in [-0.25, -0.2) is 0 Å². The van der Waals surface area contributed by atoms with Gasteiger partial charge in [-0.3, -0.25) is 9.59 Å². The molecule has 0 fully saturated rings. The Kier molecular flexibility index (Phi) is 6.26. The van der Waals surface area contributed by atoms with Crippen LogP contribution >= 0.6 is 11.6 Å². The first-order valence-corrected chi connectivity index (χ1v) is 8.01. The molecule has 2 aromatic rings. The molecule has 0 aromatic heterocycles. The average Bonchev–Trinajstić information content (AvgIpc) is 2.58. The number of rotatable bonds is 5. The lowest BCUT2D eigenvalue weighted by molar-refractivity contribution is -0.137. The number of carbonyl (C=O) groups excluding carboxylic acids is 2. The first-order valence-electron chi connectivity index (χ1n) is 7.63. The van der Waals surface area contributed by atoms with E-state index in [0.717, 1.165) is 34.7 Å². The van der Waals surface area contributed by atoms with Gasteiger partial charge in [-0.2, -0.15) is 13.2 Å². The molecule has 0 saturated carbocycles. The van der Waals surface area contributed by atoms with Gasteiger partial charge in [-0.15, -0.1) is 0 Å². The van der Waals surface area contributed by atoms with Crippen LogP contribution in [-0.4, -0.2) is 18.4 Å². The van der Waals surface area contributed by atoms with Gasteiger partial charge in [-0.1, -0.05) is 23.7 Å². The predicted molar refractivity (Wildman–Crippen MR) is 92.8 cm³/mol. The second-order valence-electron chi connectivity index (χ2n) is 5.55. The highest BCUT2D eigenvalue weighted by molar-refractivity contribution is 6.30. The number of carbonyl (C=O) groups is 2. The maximum Gasteiger partial charge on any atom is 0.416 e. The third kappa shape index (κ3) is 5.49. The van der Waals surface area contributed by atoms with Crippen molar-refractivity contribution in [2.75, 3.05) is 11.4 Å². The van der Waals surface area contributed by atoms with E-state index in [9.17, 15) is 22.8 Å². The molecule has 0 aliphatic heterocycles. The lowest BCUT2D eigenvalue weighted by Gasteiger charge is -2.21. The summed E-state index contributed by atoms with van der Waals surface area (Å²) in [6.45, 7) is 1.19. The highest BCUT2D eigenvalue weighted by Gasteiger charge is 2.30. The Balaban J connectivity index is 2.02. The minimum atomic E-state index is -4.46. The van der Waals surface area contributed by atoms with Gasteiger partial charge < -0.3 is 10.2 Å². The van der Waals surface area contributed by atoms with Crippen LogP contribution in [0, 0.1) is 0 Å². The normalized spacial score (nSPS) is 11.1. The van der Waals surface area contributed by atoms with Crippen LogP contribution in [0.4, 0.5) is 18.9 Å². The third-order valence-corrected chi connectivity index (χ3v) is 3.84. The molecule has 0 unspecified atom stereocenters. The monoisotopic (exact) mass is 384 g/mol. The largest absolute Gasteiger partial charge is 0.416 e. The van der Waals surface area contributed by atoms with E-state index in [2.05, 4.69) is 5.32 Å². The summed E-state index contributed by atoms with van der Waals surface area (Å²) in [4.78, 5) is 25.0. The topological polar surface area (TPSA) is 49.4 Å². The number of hydrogen-bond acceptors (Lipinski definition) is 2. The molecule has 0 saturated heterocycles. The maximum absolute atomic E-state index is 12.6. The molecule has 8 heteroatoms. The Labute approximate surface area is 153 Å². The summed E-state index contributed by atoms with van der Waals surface area (Å²) in [5.41, 5.74) is 0.218. The molecule has 26 heavy (non-hydrogen) atoms. The van der Waals surface area contributed by atoms with Crippen molar-refractivity contribution in [3.05, 3.63) is 64.7 Å². The molecule has 0 radical (unpaired) electrons. The van der Waals surface area contributed by atoms with Gasteiger partial charge in [0, 0.05) is 24.2 Å². The van der Waals surface area contributed by atoms with E-state index < -0.39 is 23.6 Å². The summed E-state index contributed by atoms with van der Waals surface area (Å²) in [6, 6.07) is 10.9. The molecule has 0 atom stereocenters. The van der Waals surface area contributed by atoms with E-state index in [1.54, 1.807) is 24.3 Å². The number of halogens is 4. The number of benzene rings is 2. The van der Waals surface area contributed by atoms with E-state index in [0.29, 0.717) is 5.02 Å². The Hall–Kier alpha value is -2.54. The van der Waals surface area contributed by atoms with E-state index in [1.807, 2.05) is 0 Å². The van der Waals surface area contributed by atoms with Gasteiger partial charge in [0.2, 0.25) is 11.8 Å². The zero-order valence-corrected chi connectivity index (χ0v) is 14.6. The molecule has 0 bridgehead atoms. The number of amides is 2. The minimum absolute atomic E-state index is 0.215. The number of nitrogens with one attached hydrogen (secondary N) is 1. The quantitative estimate of drug-likeness (QED) is 0.846. The molecule has 2 aromatic carbocycles. The summed E-state index contributed by atoms with van der Waals surface area (Å²) >= 11 is 5.78. The number of hydrogen-bond donors (Lipinski definition) is 1. The molecule has 2 rings (SSSR count). The number of anilines is 1. The van der Waals surface area contributed by atoms with Gasteiger partial charge in [0.25, 0.3) is 0 Å². The van der Waals surface area contributed by atoms with Crippen molar-refractivity contribution < 1.29 is 22.8 Å². The van der Waals surface area contributed by atoms with Crippen LogP contribution < -0.4 is 10.2 Å². The summed E-state index contributed by atoms with van der Waals surface area (Å²) in [7, 11) is 0. The summed E-state index contributed by atoms with van der Waals surface area (Å²) < 4.78 is 37.9. The van der Waals surface area contributed by atoms with Gasteiger partial charge >= 0.3 is 6.18 Å². The van der Waals surface area contributed by atoms with Crippen molar-refractivity contribution in [2.45, 2.75) is 19.6 Å². The first kappa shape index (κ1) is 19.8. The Morgan fingerprint density at radius 1 is 1.04 bits per heavy atom. The molecular formula is C18H16ClF3N2O2. The van der Waals surface area contributed by atoms with E-state index >= 15 is 0 Å². The third-order valence-electron chi connectivity index (χ3n) is 3.59. The fraction of sp³-hybridized carbons (Fsp3) is 0.222. The SMILES string of the molecule is CC(=O)N(CC(=O)NCc1ccc(Cl)cc1)c1ccc(C(F)(F)F)cc1. The van der Waals surface area contributed by atoms with Crippen molar-refractivity contribution >= 4 is 29.1 Å². The van der Waals surface area contributed by atoms with Crippen LogP contribution in [-0.2, 0) is 22.3 Å². The zero-order valence-electron chi connectivity index (χ0n) is 13.8. The number of nitrogens with zero attached hydrogens (tertiary/aromatic N) is 1. The zero-order chi connectivity index (χ0) is 19.3. The van der Waals surface area contributed by atoms with E-state index in [-0.39, 0.29) is 18.8 Å². The molecule has 1 N–H and O–H groups in total. The number of alkyl halides is 3. The summed E-state index contributed by atoms with van der Waals surface area (Å²) in [5.74, 6) is -0.888. The minimum Gasteiger partial charge on any atom is -0.350 e. The second kappa shape index (κ2) is 8.23. The van der Waals surface area contributed by atoms with Gasteiger partial charge in [0.05, 0.1) is 5.56 Å². The van der Waals surface area contributed by atoms with E-state index in [4.69, 9.17) is 11.6 Å². The van der Waals surface area contributed by atoms with Crippen molar-refractivity contribution in [3.8, 4) is 0 Å². The second-order valence-corrected chi connectivity index (χ2v) is 5.99. The highest BCUT2D eigenvalue weighted by atomic mass is 35.5. The van der Waals surface area contributed by atoms with Crippen LogP contribution in [0.1, 0.15) is 18.1 Å². The van der Waals surface area contributed by atoms with Crippen LogP contribution in [0.15, 0.2) is 48.5 Å². The van der Waals surface area contributed by atoms with Gasteiger partial charge in [-0.05, 0) is 42.0 Å².